The van der Waals surface area contributed by atoms with Crippen LogP contribution in [0.4, 0.5) is 5.82 Å². The molecule has 0 saturated heterocycles. The fraction of sp³-hybridized carbons (Fsp3) is 0.182. The quantitative estimate of drug-likeness (QED) is 0.331. The smallest absolute Gasteiger partial charge is 0.177 e. The van der Waals surface area contributed by atoms with Crippen LogP contribution >= 0.6 is 34.7 Å². The normalized spacial score (nSPS) is 11.4. The lowest BCUT2D eigenvalue weighted by molar-refractivity contribution is 0.397. The first-order valence-electron chi connectivity index (χ1n) is 9.98. The Morgan fingerprint density at radius 1 is 1.12 bits per heavy atom. The Bertz CT molecular complexity index is 1470. The first-order valence-corrected chi connectivity index (χ1v) is 12.0. The van der Waals surface area contributed by atoms with E-state index in [0.29, 0.717) is 35.0 Å². The Morgan fingerprint density at radius 3 is 2.79 bits per heavy atom. The van der Waals surface area contributed by atoms with Crippen LogP contribution in [0.2, 0.25) is 5.02 Å². The van der Waals surface area contributed by atoms with Crippen LogP contribution in [0.15, 0.2) is 52.2 Å². The summed E-state index contributed by atoms with van der Waals surface area (Å²) in [6, 6.07) is 11.5. The van der Waals surface area contributed by atoms with Gasteiger partial charge in [-0.25, -0.2) is 19.9 Å². The van der Waals surface area contributed by atoms with Crippen LogP contribution in [0.1, 0.15) is 5.56 Å². The van der Waals surface area contributed by atoms with Crippen LogP contribution < -0.4 is 15.2 Å². The first kappa shape index (κ1) is 21.7. The van der Waals surface area contributed by atoms with Gasteiger partial charge in [0.25, 0.3) is 0 Å². The maximum Gasteiger partial charge on any atom is 0.177 e. The second-order valence-corrected chi connectivity index (χ2v) is 9.70. The third kappa shape index (κ3) is 4.17. The van der Waals surface area contributed by atoms with Crippen LogP contribution in [0.3, 0.4) is 0 Å². The van der Waals surface area contributed by atoms with Gasteiger partial charge in [-0.2, -0.15) is 0 Å². The van der Waals surface area contributed by atoms with Crippen molar-refractivity contribution in [1.29, 1.82) is 0 Å². The van der Waals surface area contributed by atoms with Gasteiger partial charge < -0.3 is 19.8 Å². The van der Waals surface area contributed by atoms with Gasteiger partial charge in [0.15, 0.2) is 26.5 Å². The molecule has 0 radical (unpaired) electrons. The maximum atomic E-state index is 6.34. The van der Waals surface area contributed by atoms with Gasteiger partial charge in [0, 0.05) is 6.54 Å². The molecule has 8 nitrogen and oxygen atoms in total. The van der Waals surface area contributed by atoms with Gasteiger partial charge in [0.1, 0.15) is 17.8 Å². The molecule has 0 atom stereocenters. The second-order valence-electron chi connectivity index (χ2n) is 7.07. The summed E-state index contributed by atoms with van der Waals surface area (Å²) in [4.78, 5) is 18.0. The summed E-state index contributed by atoms with van der Waals surface area (Å²) in [5.41, 5.74) is 9.22. The number of methoxy groups -OCH3 is 2. The zero-order valence-corrected chi connectivity index (χ0v) is 20.2. The minimum atomic E-state index is 0.340. The zero-order valence-electron chi connectivity index (χ0n) is 17.8. The molecule has 3 heterocycles. The molecule has 5 aromatic rings. The van der Waals surface area contributed by atoms with Crippen LogP contribution in [-0.2, 0) is 13.0 Å². The van der Waals surface area contributed by atoms with Crippen molar-refractivity contribution in [2.24, 2.45) is 0 Å². The largest absolute Gasteiger partial charge is 0.497 e. The molecule has 33 heavy (non-hydrogen) atoms. The van der Waals surface area contributed by atoms with Crippen molar-refractivity contribution in [2.45, 2.75) is 22.5 Å². The predicted octanol–water partition coefficient (Wildman–Crippen LogP) is 5.08. The highest BCUT2D eigenvalue weighted by molar-refractivity contribution is 8.01. The number of halogens is 1. The number of nitrogens with two attached hydrogens (primary N) is 1. The average Bonchev–Trinajstić information content (AvgIpc) is 3.40. The highest BCUT2D eigenvalue weighted by Crippen LogP contribution is 2.38. The summed E-state index contributed by atoms with van der Waals surface area (Å²) < 4.78 is 14.7. The molecule has 0 saturated carbocycles. The lowest BCUT2D eigenvalue weighted by Gasteiger charge is -2.12. The molecule has 5 rings (SSSR count). The van der Waals surface area contributed by atoms with Crippen LogP contribution in [0.5, 0.6) is 11.5 Å². The molecule has 11 heteroatoms. The Labute approximate surface area is 202 Å². The number of aromatic nitrogens is 5. The van der Waals surface area contributed by atoms with Gasteiger partial charge in [-0.05, 0) is 54.1 Å². The van der Waals surface area contributed by atoms with Gasteiger partial charge in [-0.3, -0.25) is 0 Å². The maximum absolute atomic E-state index is 6.34. The lowest BCUT2D eigenvalue weighted by atomic mass is 10.1. The number of nitrogens with zero attached hydrogens (tertiary/aromatic N) is 5. The fourth-order valence-electron chi connectivity index (χ4n) is 3.54. The number of benzene rings is 2. The molecular formula is C22H19ClN6O2S2. The molecule has 2 N–H and O–H groups in total. The molecule has 0 aliphatic rings. The minimum Gasteiger partial charge on any atom is -0.497 e. The van der Waals surface area contributed by atoms with Crippen molar-refractivity contribution in [3.05, 3.63) is 53.3 Å². The van der Waals surface area contributed by atoms with Gasteiger partial charge in [0.2, 0.25) is 0 Å². The summed E-state index contributed by atoms with van der Waals surface area (Å²) in [5, 5.41) is 1.42. The standard InChI is InChI=1S/C22H19ClN6O2S2/c1-30-13-6-7-16(31-2)12(10-13)8-9-29-20-17(19(24)25-11-26-20)28-21(29)33-22-27-15-5-3-4-14(23)18(15)32-22/h3-7,10-11H,8-9H2,1-2H3,(H2,24,25,26). The van der Waals surface area contributed by atoms with E-state index in [1.54, 1.807) is 14.2 Å². The third-order valence-electron chi connectivity index (χ3n) is 5.14. The molecule has 2 aromatic carbocycles. The first-order chi connectivity index (χ1) is 16.1. The van der Waals surface area contributed by atoms with E-state index in [9.17, 15) is 0 Å². The van der Waals surface area contributed by atoms with Crippen molar-refractivity contribution in [3.8, 4) is 11.5 Å². The molecule has 0 aliphatic heterocycles. The molecule has 168 valence electrons. The molecule has 0 amide bonds. The monoisotopic (exact) mass is 498 g/mol. The summed E-state index contributed by atoms with van der Waals surface area (Å²) >= 11 is 9.33. The van der Waals surface area contributed by atoms with E-state index < -0.39 is 0 Å². The van der Waals surface area contributed by atoms with Crippen molar-refractivity contribution in [2.75, 3.05) is 20.0 Å². The van der Waals surface area contributed by atoms with Crippen LogP contribution in [0, 0.1) is 0 Å². The number of aryl methyl sites for hydroxylation is 2. The second kappa shape index (κ2) is 9.05. The van der Waals surface area contributed by atoms with Crippen molar-refractivity contribution >= 4 is 61.9 Å². The minimum absolute atomic E-state index is 0.340. The predicted molar refractivity (Wildman–Crippen MR) is 132 cm³/mol. The number of hydrogen-bond donors (Lipinski definition) is 1. The van der Waals surface area contributed by atoms with Crippen LogP contribution in [-0.4, -0.2) is 38.7 Å². The third-order valence-corrected chi connectivity index (χ3v) is 7.73. The average molecular weight is 499 g/mol. The van der Waals surface area contributed by atoms with E-state index in [2.05, 4.69) is 9.97 Å². The number of imidazole rings is 1. The van der Waals surface area contributed by atoms with Gasteiger partial charge >= 0.3 is 0 Å². The zero-order chi connectivity index (χ0) is 22.9. The molecule has 0 spiro atoms. The van der Waals surface area contributed by atoms with Gasteiger partial charge in [0.05, 0.1) is 29.5 Å². The van der Waals surface area contributed by atoms with E-state index in [4.69, 9.17) is 36.8 Å². The molecule has 0 unspecified atom stereocenters. The molecular weight excluding hydrogens is 480 g/mol. The topological polar surface area (TPSA) is 101 Å². The van der Waals surface area contributed by atoms with E-state index in [1.807, 2.05) is 41.0 Å². The Balaban J connectivity index is 1.53. The number of hydrogen-bond acceptors (Lipinski definition) is 9. The van der Waals surface area contributed by atoms with Crippen molar-refractivity contribution in [3.63, 3.8) is 0 Å². The molecule has 3 aromatic heterocycles. The Hall–Kier alpha value is -3.08. The van der Waals surface area contributed by atoms with Crippen molar-refractivity contribution in [1.82, 2.24) is 24.5 Å². The van der Waals surface area contributed by atoms with E-state index in [0.717, 1.165) is 36.8 Å². The molecule has 0 bridgehead atoms. The fourth-order valence-corrected chi connectivity index (χ4v) is 5.89. The number of anilines is 1. The van der Waals surface area contributed by atoms with Gasteiger partial charge in [-0.1, -0.05) is 17.7 Å². The molecule has 0 aliphatic carbocycles. The van der Waals surface area contributed by atoms with E-state index >= 15 is 0 Å². The number of thiazole rings is 1. The number of ether oxygens (including phenoxy) is 2. The Morgan fingerprint density at radius 2 is 2.00 bits per heavy atom. The van der Waals surface area contributed by atoms with Crippen molar-refractivity contribution < 1.29 is 9.47 Å². The highest BCUT2D eigenvalue weighted by Gasteiger charge is 2.19. The number of rotatable bonds is 7. The summed E-state index contributed by atoms with van der Waals surface area (Å²) in [6.45, 7) is 0.602. The summed E-state index contributed by atoms with van der Waals surface area (Å²) in [5.74, 6) is 1.91. The lowest BCUT2D eigenvalue weighted by Crippen LogP contribution is -2.05. The van der Waals surface area contributed by atoms with Crippen LogP contribution in [0.25, 0.3) is 21.4 Å². The molecule has 0 fully saturated rings. The van der Waals surface area contributed by atoms with Gasteiger partial charge in [-0.15, -0.1) is 11.3 Å². The summed E-state index contributed by atoms with van der Waals surface area (Å²) in [7, 11) is 3.30. The highest BCUT2D eigenvalue weighted by atomic mass is 35.5. The Kier molecular flexibility index (Phi) is 5.96. The summed E-state index contributed by atoms with van der Waals surface area (Å²) in [6.07, 6.45) is 2.13. The van der Waals surface area contributed by atoms with E-state index in [-0.39, 0.29) is 0 Å². The van der Waals surface area contributed by atoms with E-state index in [1.165, 1.54) is 29.4 Å². The number of nitrogen functional groups attached to an aromatic ring is 1. The SMILES string of the molecule is COc1ccc(OC)c(CCn2c(Sc3nc4cccc(Cl)c4s3)nc3c(N)ncnc32)c1. The number of fused-ring (bicyclic) bond motifs is 2.